The van der Waals surface area contributed by atoms with Crippen LogP contribution in [0.3, 0.4) is 0 Å². The average Bonchev–Trinajstić information content (AvgIpc) is 2.37. The van der Waals surface area contributed by atoms with Crippen molar-refractivity contribution in [3.63, 3.8) is 0 Å². The van der Waals surface area contributed by atoms with Gasteiger partial charge < -0.3 is 0 Å². The summed E-state index contributed by atoms with van der Waals surface area (Å²) in [5, 5.41) is 1.24. The van der Waals surface area contributed by atoms with Crippen LogP contribution in [0.15, 0.2) is 29.2 Å². The molecule has 5 heteroatoms. The summed E-state index contributed by atoms with van der Waals surface area (Å²) < 4.78 is 24.7. The van der Waals surface area contributed by atoms with Crippen LogP contribution in [0, 0.1) is 5.41 Å². The predicted molar refractivity (Wildman–Crippen MR) is 80.3 cm³/mol. The molecule has 0 amide bonds. The standard InChI is InChI=1S/C13H18BrClO2S/c1-3-13(4-2,9-14)10-18(16,17)12-7-5-11(15)6-8-12/h5-8H,3-4,9-10H2,1-2H3. The second kappa shape index (κ2) is 6.40. The van der Waals surface area contributed by atoms with Gasteiger partial charge in [-0.25, -0.2) is 8.42 Å². The molecule has 0 aromatic heterocycles. The molecule has 1 aromatic rings. The van der Waals surface area contributed by atoms with Gasteiger partial charge >= 0.3 is 0 Å². The Kier molecular flexibility index (Phi) is 5.68. The van der Waals surface area contributed by atoms with E-state index in [0.29, 0.717) is 15.2 Å². The number of hydrogen-bond donors (Lipinski definition) is 0. The molecule has 0 aliphatic heterocycles. The lowest BCUT2D eigenvalue weighted by Gasteiger charge is -2.29. The zero-order chi connectivity index (χ0) is 13.8. The first-order valence-corrected chi connectivity index (χ1v) is 9.08. The number of hydrogen-bond acceptors (Lipinski definition) is 2. The number of benzene rings is 1. The van der Waals surface area contributed by atoms with Crippen molar-refractivity contribution in [2.45, 2.75) is 31.6 Å². The third kappa shape index (κ3) is 3.72. The number of sulfone groups is 1. The van der Waals surface area contributed by atoms with E-state index in [9.17, 15) is 8.42 Å². The Morgan fingerprint density at radius 3 is 2.06 bits per heavy atom. The molecule has 0 radical (unpaired) electrons. The molecule has 0 atom stereocenters. The van der Waals surface area contributed by atoms with Crippen molar-refractivity contribution in [1.82, 2.24) is 0 Å². The lowest BCUT2D eigenvalue weighted by molar-refractivity contribution is 0.351. The Bertz CT molecular complexity index is 470. The fourth-order valence-corrected chi connectivity index (χ4v) is 5.22. The van der Waals surface area contributed by atoms with Gasteiger partial charge in [-0.2, -0.15) is 0 Å². The Hall–Kier alpha value is -0.0600. The predicted octanol–water partition coefficient (Wildman–Crippen LogP) is 4.32. The van der Waals surface area contributed by atoms with Crippen molar-refractivity contribution in [1.29, 1.82) is 0 Å². The van der Waals surface area contributed by atoms with Gasteiger partial charge in [0, 0.05) is 10.4 Å². The zero-order valence-electron chi connectivity index (χ0n) is 10.6. The van der Waals surface area contributed by atoms with Gasteiger partial charge in [0.05, 0.1) is 10.6 Å². The Morgan fingerprint density at radius 1 is 1.17 bits per heavy atom. The summed E-state index contributed by atoms with van der Waals surface area (Å²) in [7, 11) is -3.26. The van der Waals surface area contributed by atoms with Crippen LogP contribution in [0.1, 0.15) is 26.7 Å². The van der Waals surface area contributed by atoms with E-state index in [1.165, 1.54) is 0 Å². The van der Waals surface area contributed by atoms with Gasteiger partial charge in [-0.15, -0.1) is 0 Å². The van der Waals surface area contributed by atoms with Gasteiger partial charge in [0.2, 0.25) is 0 Å². The topological polar surface area (TPSA) is 34.1 Å². The lowest BCUT2D eigenvalue weighted by Crippen LogP contribution is -2.30. The minimum atomic E-state index is -3.26. The van der Waals surface area contributed by atoms with E-state index in [4.69, 9.17) is 11.6 Å². The summed E-state index contributed by atoms with van der Waals surface area (Å²) in [4.78, 5) is 0.346. The largest absolute Gasteiger partial charge is 0.224 e. The molecule has 0 N–H and O–H groups in total. The van der Waals surface area contributed by atoms with Crippen LogP contribution in [-0.2, 0) is 9.84 Å². The van der Waals surface area contributed by atoms with Crippen molar-refractivity contribution >= 4 is 37.4 Å². The summed E-state index contributed by atoms with van der Waals surface area (Å²) in [6.07, 6.45) is 1.67. The Labute approximate surface area is 123 Å². The van der Waals surface area contributed by atoms with Crippen LogP contribution in [0.25, 0.3) is 0 Å². The minimum Gasteiger partial charge on any atom is -0.224 e. The van der Waals surface area contributed by atoms with E-state index in [1.54, 1.807) is 24.3 Å². The van der Waals surface area contributed by atoms with Gasteiger partial charge in [0.15, 0.2) is 9.84 Å². The molecule has 102 valence electrons. The van der Waals surface area contributed by atoms with E-state index in [2.05, 4.69) is 15.9 Å². The van der Waals surface area contributed by atoms with Crippen LogP contribution >= 0.6 is 27.5 Å². The summed E-state index contributed by atoms with van der Waals surface area (Å²) in [6.45, 7) is 4.06. The second-order valence-corrected chi connectivity index (χ2v) is 7.54. The van der Waals surface area contributed by atoms with Crippen molar-refractivity contribution in [3.05, 3.63) is 29.3 Å². The molecule has 2 nitrogen and oxygen atoms in total. The van der Waals surface area contributed by atoms with Gasteiger partial charge in [-0.05, 0) is 42.5 Å². The summed E-state index contributed by atoms with van der Waals surface area (Å²) in [5.74, 6) is 0.167. The maximum absolute atomic E-state index is 12.4. The Balaban J connectivity index is 3.04. The normalized spacial score (nSPS) is 12.7. The first kappa shape index (κ1) is 16.0. The van der Waals surface area contributed by atoms with Crippen molar-refractivity contribution in [2.75, 3.05) is 11.1 Å². The highest BCUT2D eigenvalue weighted by Crippen LogP contribution is 2.32. The van der Waals surface area contributed by atoms with E-state index in [0.717, 1.165) is 12.8 Å². The maximum Gasteiger partial charge on any atom is 0.178 e. The maximum atomic E-state index is 12.4. The van der Waals surface area contributed by atoms with Gasteiger partial charge in [-0.1, -0.05) is 41.4 Å². The number of alkyl halides is 1. The highest BCUT2D eigenvalue weighted by molar-refractivity contribution is 9.09. The van der Waals surface area contributed by atoms with Gasteiger partial charge in [0.25, 0.3) is 0 Å². The molecular formula is C13H18BrClO2S. The van der Waals surface area contributed by atoms with Crippen LogP contribution in [-0.4, -0.2) is 19.5 Å². The monoisotopic (exact) mass is 352 g/mol. The third-order valence-electron chi connectivity index (χ3n) is 3.45. The first-order chi connectivity index (χ1) is 8.39. The highest BCUT2D eigenvalue weighted by Gasteiger charge is 2.32. The van der Waals surface area contributed by atoms with Crippen molar-refractivity contribution < 1.29 is 8.42 Å². The van der Waals surface area contributed by atoms with Gasteiger partial charge in [-0.3, -0.25) is 0 Å². The molecule has 0 heterocycles. The average molecular weight is 354 g/mol. The van der Waals surface area contributed by atoms with E-state index in [1.807, 2.05) is 13.8 Å². The molecule has 0 aliphatic rings. The summed E-state index contributed by atoms with van der Waals surface area (Å²) in [6, 6.07) is 6.37. The fourth-order valence-electron chi connectivity index (χ4n) is 1.81. The summed E-state index contributed by atoms with van der Waals surface area (Å²) in [5.41, 5.74) is -0.196. The highest BCUT2D eigenvalue weighted by atomic mass is 79.9. The quantitative estimate of drug-likeness (QED) is 0.714. The van der Waals surface area contributed by atoms with Crippen molar-refractivity contribution in [2.24, 2.45) is 5.41 Å². The molecule has 0 saturated heterocycles. The van der Waals surface area contributed by atoms with E-state index < -0.39 is 9.84 Å². The first-order valence-electron chi connectivity index (χ1n) is 5.93. The third-order valence-corrected chi connectivity index (χ3v) is 6.88. The lowest BCUT2D eigenvalue weighted by atomic mass is 9.87. The molecular weight excluding hydrogens is 336 g/mol. The number of halogens is 2. The van der Waals surface area contributed by atoms with E-state index in [-0.39, 0.29) is 11.2 Å². The minimum absolute atomic E-state index is 0.167. The zero-order valence-corrected chi connectivity index (χ0v) is 13.8. The van der Waals surface area contributed by atoms with Crippen LogP contribution < -0.4 is 0 Å². The van der Waals surface area contributed by atoms with E-state index >= 15 is 0 Å². The van der Waals surface area contributed by atoms with Gasteiger partial charge in [0.1, 0.15) is 0 Å². The van der Waals surface area contributed by atoms with Crippen LogP contribution in [0.5, 0.6) is 0 Å². The SMILES string of the molecule is CCC(CC)(CBr)CS(=O)(=O)c1ccc(Cl)cc1. The van der Waals surface area contributed by atoms with Crippen molar-refractivity contribution in [3.8, 4) is 0 Å². The summed E-state index contributed by atoms with van der Waals surface area (Å²) >= 11 is 9.22. The van der Waals surface area contributed by atoms with Crippen LogP contribution in [0.4, 0.5) is 0 Å². The molecule has 0 fully saturated rings. The molecule has 1 aromatic carbocycles. The molecule has 18 heavy (non-hydrogen) atoms. The molecule has 0 aliphatic carbocycles. The number of rotatable bonds is 6. The Morgan fingerprint density at radius 2 is 1.67 bits per heavy atom. The molecule has 0 saturated carbocycles. The molecule has 0 bridgehead atoms. The fraction of sp³-hybridized carbons (Fsp3) is 0.538. The van der Waals surface area contributed by atoms with Crippen LogP contribution in [0.2, 0.25) is 5.02 Å². The second-order valence-electron chi connectivity index (χ2n) is 4.55. The smallest absolute Gasteiger partial charge is 0.178 e. The molecule has 1 rings (SSSR count). The molecule has 0 spiro atoms. The molecule has 0 unspecified atom stereocenters.